The molecule has 0 spiro atoms. The van der Waals surface area contributed by atoms with Crippen molar-refractivity contribution in [1.82, 2.24) is 5.32 Å². The van der Waals surface area contributed by atoms with Crippen LogP contribution in [0.4, 0.5) is 0 Å². The summed E-state index contributed by atoms with van der Waals surface area (Å²) >= 11 is 3.33. The molecule has 0 aliphatic rings. The average molecular weight is 316 g/mol. The summed E-state index contributed by atoms with van der Waals surface area (Å²) in [7, 11) is 1.56. The van der Waals surface area contributed by atoms with Gasteiger partial charge in [0.1, 0.15) is 5.75 Å². The van der Waals surface area contributed by atoms with Crippen LogP contribution in [0.15, 0.2) is 22.7 Å². The van der Waals surface area contributed by atoms with E-state index in [9.17, 15) is 9.90 Å². The average Bonchev–Trinajstić information content (AvgIpc) is 2.38. The monoisotopic (exact) mass is 315 g/mol. The fourth-order valence-corrected chi connectivity index (χ4v) is 1.88. The van der Waals surface area contributed by atoms with Crippen LogP contribution >= 0.6 is 15.9 Å². The number of halogens is 1. The van der Waals surface area contributed by atoms with E-state index in [2.05, 4.69) is 21.2 Å². The molecule has 0 fully saturated rings. The van der Waals surface area contributed by atoms with Crippen LogP contribution in [0.3, 0.4) is 0 Å². The number of hydrogen-bond donors (Lipinski definition) is 2. The van der Waals surface area contributed by atoms with Crippen LogP contribution in [0.2, 0.25) is 0 Å². The summed E-state index contributed by atoms with van der Waals surface area (Å²) in [6, 6.07) is 5.23. The van der Waals surface area contributed by atoms with Gasteiger partial charge in [-0.2, -0.15) is 0 Å². The van der Waals surface area contributed by atoms with Crippen LogP contribution < -0.4 is 10.1 Å². The highest BCUT2D eigenvalue weighted by atomic mass is 79.9. The van der Waals surface area contributed by atoms with Crippen molar-refractivity contribution in [2.24, 2.45) is 0 Å². The summed E-state index contributed by atoms with van der Waals surface area (Å²) in [5.41, 5.74) is 0.528. The van der Waals surface area contributed by atoms with E-state index in [1.54, 1.807) is 25.3 Å². The molecule has 0 radical (unpaired) electrons. The predicted molar refractivity (Wildman–Crippen MR) is 73.9 cm³/mol. The van der Waals surface area contributed by atoms with Crippen LogP contribution in [0.25, 0.3) is 0 Å². The van der Waals surface area contributed by atoms with Crippen molar-refractivity contribution in [3.05, 3.63) is 28.2 Å². The molecule has 0 aromatic heterocycles. The maximum absolute atomic E-state index is 11.9. The molecule has 1 aromatic rings. The highest BCUT2D eigenvalue weighted by molar-refractivity contribution is 9.10. The zero-order chi connectivity index (χ0) is 13.5. The molecule has 1 unspecified atom stereocenters. The van der Waals surface area contributed by atoms with Crippen LogP contribution in [-0.2, 0) is 0 Å². The van der Waals surface area contributed by atoms with Crippen LogP contribution in [-0.4, -0.2) is 30.8 Å². The quantitative estimate of drug-likeness (QED) is 0.847. The number of benzene rings is 1. The minimum atomic E-state index is -0.362. The standard InChI is InChI=1S/C13H18BrNO3/c1-3-9(16)6-7-15-13(17)11-8-10(18-2)4-5-12(11)14/h4-5,8-9,16H,3,6-7H2,1-2H3,(H,15,17). The van der Waals surface area contributed by atoms with E-state index < -0.39 is 0 Å². The minimum Gasteiger partial charge on any atom is -0.497 e. The summed E-state index contributed by atoms with van der Waals surface area (Å²) < 4.78 is 5.80. The Bertz CT molecular complexity index is 409. The predicted octanol–water partition coefficient (Wildman–Crippen LogP) is 2.35. The van der Waals surface area contributed by atoms with Gasteiger partial charge in [-0.3, -0.25) is 4.79 Å². The summed E-state index contributed by atoms with van der Waals surface area (Å²) in [6.07, 6.45) is 0.891. The molecule has 0 aliphatic heterocycles. The number of amides is 1. The molecule has 1 amide bonds. The summed E-state index contributed by atoms with van der Waals surface area (Å²) in [4.78, 5) is 11.9. The lowest BCUT2D eigenvalue weighted by molar-refractivity contribution is 0.0941. The number of ether oxygens (including phenoxy) is 1. The lowest BCUT2D eigenvalue weighted by atomic mass is 10.2. The van der Waals surface area contributed by atoms with Crippen molar-refractivity contribution in [2.45, 2.75) is 25.9 Å². The molecule has 0 bridgehead atoms. The molecule has 0 saturated heterocycles. The van der Waals surface area contributed by atoms with Crippen LogP contribution in [0.1, 0.15) is 30.1 Å². The van der Waals surface area contributed by atoms with E-state index in [0.29, 0.717) is 30.7 Å². The first kappa shape index (κ1) is 15.0. The number of methoxy groups -OCH3 is 1. The minimum absolute atomic E-state index is 0.177. The highest BCUT2D eigenvalue weighted by Crippen LogP contribution is 2.22. The van der Waals surface area contributed by atoms with E-state index in [4.69, 9.17) is 4.74 Å². The lowest BCUT2D eigenvalue weighted by Crippen LogP contribution is -2.27. The number of nitrogens with one attached hydrogen (secondary N) is 1. The topological polar surface area (TPSA) is 58.6 Å². The van der Waals surface area contributed by atoms with Crippen molar-refractivity contribution in [2.75, 3.05) is 13.7 Å². The number of aliphatic hydroxyl groups excluding tert-OH is 1. The second-order valence-electron chi connectivity index (χ2n) is 3.95. The van der Waals surface area contributed by atoms with Gasteiger partial charge in [-0.15, -0.1) is 0 Å². The molecule has 0 saturated carbocycles. The van der Waals surface area contributed by atoms with Crippen molar-refractivity contribution >= 4 is 21.8 Å². The molecule has 2 N–H and O–H groups in total. The number of hydrogen-bond acceptors (Lipinski definition) is 3. The molecule has 1 rings (SSSR count). The Morgan fingerprint density at radius 3 is 2.89 bits per heavy atom. The summed E-state index contributed by atoms with van der Waals surface area (Å²) in [6.45, 7) is 2.36. The van der Waals surface area contributed by atoms with E-state index in [-0.39, 0.29) is 12.0 Å². The van der Waals surface area contributed by atoms with E-state index in [1.807, 2.05) is 6.92 Å². The van der Waals surface area contributed by atoms with Crippen molar-refractivity contribution in [3.63, 3.8) is 0 Å². The number of carbonyl (C=O) groups is 1. The molecule has 1 atom stereocenters. The third-order valence-electron chi connectivity index (χ3n) is 2.65. The molecule has 4 nitrogen and oxygen atoms in total. The van der Waals surface area contributed by atoms with Gasteiger partial charge in [-0.05, 0) is 47.0 Å². The maximum Gasteiger partial charge on any atom is 0.252 e. The zero-order valence-corrected chi connectivity index (χ0v) is 12.2. The Labute approximate surface area is 115 Å². The van der Waals surface area contributed by atoms with Gasteiger partial charge in [-0.1, -0.05) is 6.92 Å². The molecule has 18 heavy (non-hydrogen) atoms. The smallest absolute Gasteiger partial charge is 0.252 e. The number of aliphatic hydroxyl groups is 1. The third-order valence-corrected chi connectivity index (χ3v) is 3.34. The normalized spacial score (nSPS) is 12.0. The van der Waals surface area contributed by atoms with Crippen LogP contribution in [0.5, 0.6) is 5.75 Å². The molecular weight excluding hydrogens is 298 g/mol. The zero-order valence-electron chi connectivity index (χ0n) is 10.6. The van der Waals surface area contributed by atoms with Crippen molar-refractivity contribution in [1.29, 1.82) is 0 Å². The summed E-state index contributed by atoms with van der Waals surface area (Å²) in [5, 5.41) is 12.2. The Kier molecular flexibility index (Phi) is 6.15. The molecule has 5 heteroatoms. The third kappa shape index (κ3) is 4.31. The fourth-order valence-electron chi connectivity index (χ4n) is 1.46. The van der Waals surface area contributed by atoms with Gasteiger partial charge in [0, 0.05) is 11.0 Å². The number of rotatable bonds is 6. The van der Waals surface area contributed by atoms with E-state index in [0.717, 1.165) is 4.47 Å². The lowest BCUT2D eigenvalue weighted by Gasteiger charge is -2.10. The highest BCUT2D eigenvalue weighted by Gasteiger charge is 2.11. The Morgan fingerprint density at radius 2 is 2.28 bits per heavy atom. The molecular formula is C13H18BrNO3. The van der Waals surface area contributed by atoms with Crippen molar-refractivity contribution < 1.29 is 14.6 Å². The van der Waals surface area contributed by atoms with Gasteiger partial charge in [0.15, 0.2) is 0 Å². The Hall–Kier alpha value is -1.07. The van der Waals surface area contributed by atoms with Gasteiger partial charge in [0.25, 0.3) is 5.91 Å². The fraction of sp³-hybridized carbons (Fsp3) is 0.462. The summed E-state index contributed by atoms with van der Waals surface area (Å²) in [5.74, 6) is 0.459. The first-order chi connectivity index (χ1) is 8.58. The van der Waals surface area contributed by atoms with Crippen LogP contribution in [0, 0.1) is 0 Å². The van der Waals surface area contributed by atoms with Gasteiger partial charge < -0.3 is 15.2 Å². The Morgan fingerprint density at radius 1 is 1.56 bits per heavy atom. The van der Waals surface area contributed by atoms with E-state index in [1.165, 1.54) is 0 Å². The van der Waals surface area contributed by atoms with Crippen molar-refractivity contribution in [3.8, 4) is 5.75 Å². The largest absolute Gasteiger partial charge is 0.497 e. The molecule has 1 aromatic carbocycles. The molecule has 0 aliphatic carbocycles. The first-order valence-electron chi connectivity index (χ1n) is 5.88. The van der Waals surface area contributed by atoms with Gasteiger partial charge >= 0.3 is 0 Å². The first-order valence-corrected chi connectivity index (χ1v) is 6.67. The number of carbonyl (C=O) groups excluding carboxylic acids is 1. The van der Waals surface area contributed by atoms with E-state index >= 15 is 0 Å². The molecule has 0 heterocycles. The second-order valence-corrected chi connectivity index (χ2v) is 4.81. The second kappa shape index (κ2) is 7.38. The van der Waals surface area contributed by atoms with Gasteiger partial charge in [0.05, 0.1) is 18.8 Å². The SMILES string of the molecule is CCC(O)CCNC(=O)c1cc(OC)ccc1Br. The van der Waals surface area contributed by atoms with Gasteiger partial charge in [0.2, 0.25) is 0 Å². The Balaban J connectivity index is 2.61. The maximum atomic E-state index is 11.9. The molecule has 100 valence electrons. The van der Waals surface area contributed by atoms with Gasteiger partial charge in [-0.25, -0.2) is 0 Å².